The number of hydrogen-bond donors (Lipinski definition) is 1. The number of amides is 2. The zero-order chi connectivity index (χ0) is 56.2. The summed E-state index contributed by atoms with van der Waals surface area (Å²) in [6.07, 6.45) is -7.52. The minimum atomic E-state index is -4.72. The zero-order valence-corrected chi connectivity index (χ0v) is 44.8. The zero-order valence-electron chi connectivity index (χ0n) is 41.2. The Morgan fingerprint density at radius 2 is 1.07 bits per heavy atom. The maximum atomic E-state index is 13.8. The van der Waals surface area contributed by atoms with Crippen LogP contribution in [0.3, 0.4) is 0 Å². The number of nitrogens with zero attached hydrogens (tertiary/aromatic N) is 3. The Kier molecular flexibility index (Phi) is 16.1. The van der Waals surface area contributed by atoms with Crippen molar-refractivity contribution in [1.82, 2.24) is 19.8 Å². The number of H-pyrrole nitrogens is 1. The van der Waals surface area contributed by atoms with Gasteiger partial charge in [-0.1, -0.05) is 24.3 Å². The van der Waals surface area contributed by atoms with Crippen molar-refractivity contribution in [3.05, 3.63) is 124 Å². The summed E-state index contributed by atoms with van der Waals surface area (Å²) < 4.78 is 187. The maximum absolute atomic E-state index is 13.8. The summed E-state index contributed by atoms with van der Waals surface area (Å²) in [5.41, 5.74) is -2.26. The van der Waals surface area contributed by atoms with Crippen LogP contribution in [0.1, 0.15) is 98.2 Å². The van der Waals surface area contributed by atoms with E-state index in [1.54, 1.807) is 24.3 Å². The molecule has 2 saturated heterocycles. The molecule has 1 saturated carbocycles. The van der Waals surface area contributed by atoms with Crippen molar-refractivity contribution in [2.75, 3.05) is 26.2 Å². The van der Waals surface area contributed by atoms with E-state index in [0.29, 0.717) is 48.8 Å². The number of ether oxygens (including phenoxy) is 1. The van der Waals surface area contributed by atoms with Gasteiger partial charge in [0, 0.05) is 26.2 Å². The lowest BCUT2D eigenvalue weighted by molar-refractivity contribution is -0.138. The summed E-state index contributed by atoms with van der Waals surface area (Å²) in [6.45, 7) is 6.31. The quantitative estimate of drug-likeness (QED) is 0.0922. The number of carbonyl (C=O) groups is 2. The Balaban J connectivity index is 0.000000224. The Morgan fingerprint density at radius 3 is 1.51 bits per heavy atom. The first-order chi connectivity index (χ1) is 35.1. The molecule has 14 nitrogen and oxygen atoms in total. The van der Waals surface area contributed by atoms with Gasteiger partial charge in [0.05, 0.1) is 57.2 Å². The van der Waals surface area contributed by atoms with E-state index < -0.39 is 113 Å². The van der Waals surface area contributed by atoms with Crippen LogP contribution in [-0.2, 0) is 41.9 Å². The molecule has 8 rings (SSSR count). The third kappa shape index (κ3) is 12.1. The highest BCUT2D eigenvalue weighted by Crippen LogP contribution is 2.43. The van der Waals surface area contributed by atoms with E-state index in [9.17, 15) is 74.8 Å². The van der Waals surface area contributed by atoms with E-state index in [4.69, 9.17) is 0 Å². The fourth-order valence-electron chi connectivity index (χ4n) is 9.43. The van der Waals surface area contributed by atoms with Crippen molar-refractivity contribution in [3.63, 3.8) is 0 Å². The number of piperidine rings is 2. The summed E-state index contributed by atoms with van der Waals surface area (Å²) in [5, 5.41) is -0.608. The van der Waals surface area contributed by atoms with Gasteiger partial charge in [-0.05, 0) is 154 Å². The number of rotatable bonds is 12. The van der Waals surface area contributed by atoms with Crippen LogP contribution in [0, 0.1) is 11.8 Å². The summed E-state index contributed by atoms with van der Waals surface area (Å²) in [4.78, 5) is 47.3. The van der Waals surface area contributed by atoms with Gasteiger partial charge in [0.15, 0.2) is 35.2 Å². The molecule has 2 amide bonds. The second-order valence-electron chi connectivity index (χ2n) is 19.9. The third-order valence-corrected chi connectivity index (χ3v) is 21.9. The van der Waals surface area contributed by atoms with Crippen molar-refractivity contribution in [3.8, 4) is 5.75 Å². The van der Waals surface area contributed by atoms with Gasteiger partial charge in [-0.2, -0.15) is 35.1 Å². The average Bonchev–Trinajstić information content (AvgIpc) is 4.22. The predicted molar refractivity (Wildman–Crippen MR) is 267 cm³/mol. The highest BCUT2D eigenvalue weighted by Gasteiger charge is 2.47. The number of aromatic amines is 1. The van der Waals surface area contributed by atoms with E-state index in [-0.39, 0.29) is 60.1 Å². The molecule has 26 heteroatoms. The molecule has 2 aliphatic heterocycles. The fraction of sp³-hybridized carbons (Fsp3) is 0.440. The van der Waals surface area contributed by atoms with Gasteiger partial charge in [-0.25, -0.2) is 30.2 Å². The van der Waals surface area contributed by atoms with Crippen LogP contribution in [0.5, 0.6) is 5.75 Å². The minimum absolute atomic E-state index is 0.0316. The molecule has 1 N–H and O–H groups in total. The van der Waals surface area contributed by atoms with Crippen LogP contribution < -0.4 is 10.3 Å². The summed E-state index contributed by atoms with van der Waals surface area (Å²) in [7, 11) is -10.9. The number of likely N-dealkylation sites (tertiary alicyclic amines) is 2. The molecule has 412 valence electrons. The topological polar surface area (TPSA) is 198 Å². The molecule has 1 unspecified atom stereocenters. The van der Waals surface area contributed by atoms with Gasteiger partial charge >= 0.3 is 18.2 Å². The third-order valence-electron chi connectivity index (χ3n) is 14.4. The van der Waals surface area contributed by atoms with Crippen LogP contribution in [0.15, 0.2) is 110 Å². The van der Waals surface area contributed by atoms with Gasteiger partial charge in [-0.15, -0.1) is 0 Å². The van der Waals surface area contributed by atoms with Crippen molar-refractivity contribution >= 4 is 61.6 Å². The maximum Gasteiger partial charge on any atom is 0.416 e. The van der Waals surface area contributed by atoms with Crippen molar-refractivity contribution in [1.29, 1.82) is 0 Å². The molecule has 0 bridgehead atoms. The number of benzene rings is 4. The summed E-state index contributed by atoms with van der Waals surface area (Å²) in [6, 6.07) is 17.3. The number of halogens is 8. The molecule has 76 heavy (non-hydrogen) atoms. The number of hydrogen-bond acceptors (Lipinski definition) is 11. The lowest BCUT2D eigenvalue weighted by atomic mass is 9.85. The molecule has 1 atom stereocenters. The molecule has 3 heterocycles. The lowest BCUT2D eigenvalue weighted by Crippen LogP contribution is -2.48. The molecule has 5 aromatic rings. The van der Waals surface area contributed by atoms with Gasteiger partial charge in [0.2, 0.25) is 0 Å². The first-order valence-corrected chi connectivity index (χ1v) is 28.8. The second kappa shape index (κ2) is 21.0. The van der Waals surface area contributed by atoms with Crippen molar-refractivity contribution in [2.45, 2.75) is 114 Å². The molecule has 1 aromatic heterocycles. The van der Waals surface area contributed by atoms with Gasteiger partial charge in [0.25, 0.3) is 17.4 Å². The number of para-hydroxylation sites is 2. The first kappa shape index (κ1) is 58.2. The highest BCUT2D eigenvalue weighted by atomic mass is 32.2. The molecular weight excluding hydrogens is 1100 g/mol. The number of carbonyl (C=O) groups excluding carboxylic acids is 2. The molecule has 0 spiro atoms. The molecule has 4 aromatic carbocycles. The standard InChI is InChI=1S/C26H29F5NO6PS2.C24H24F3N3O4S/c1-24(2,41(36,37)20-5-3-4-17(14-20)25(27,28)29)16-10-12-32(13-11-16)23(33)21-9-8-19(40(34,35)18-6-7-18)15-22(21)38-26(30,31)39;1-23(2,35(33,34)17-7-5-6-16(14-17)24(25,26)27)15-10-12-30(13-11-15)22(32)20-21(31)29-19-9-4-3-8-18(19)28-20/h3-5,8-9,14-16,18H,6-7,10-13,39H2,1-2H3;3-9,14-15H,10-13H2,1-2H3,(H,29,31). The van der Waals surface area contributed by atoms with Gasteiger partial charge in [-0.3, -0.25) is 14.4 Å². The van der Waals surface area contributed by atoms with Crippen LogP contribution in [-0.4, -0.2) is 104 Å². The average molecular weight is 1150 g/mol. The smallest absolute Gasteiger partial charge is 0.416 e. The van der Waals surface area contributed by atoms with E-state index >= 15 is 0 Å². The first-order valence-electron chi connectivity index (χ1n) is 23.7. The van der Waals surface area contributed by atoms with Gasteiger partial charge in [0.1, 0.15) is 5.75 Å². The number of sulfone groups is 3. The molecule has 3 fully saturated rings. The van der Waals surface area contributed by atoms with E-state index in [1.165, 1.54) is 49.6 Å². The summed E-state index contributed by atoms with van der Waals surface area (Å²) >= 11 is 0. The number of aromatic nitrogens is 2. The van der Waals surface area contributed by atoms with Crippen LogP contribution in [0.4, 0.5) is 35.1 Å². The lowest BCUT2D eigenvalue weighted by Gasteiger charge is -2.40. The Morgan fingerprint density at radius 1 is 0.605 bits per heavy atom. The number of alkyl halides is 8. The SMILES string of the molecule is CC(C)(C1CCN(C(=O)c2ccc(S(=O)(=O)C3CC3)cc2OC(F)(F)P)CC1)S(=O)(=O)c1cccc(C(F)(F)F)c1.CC(C)(C1CCN(C(=O)c2nc3ccccc3[nH]c2=O)CC1)S(=O)(=O)c1cccc(C(F)(F)F)c1. The molecule has 1 aliphatic carbocycles. The van der Waals surface area contributed by atoms with E-state index in [0.717, 1.165) is 51.7 Å². The molecule has 0 radical (unpaired) electrons. The Labute approximate surface area is 435 Å². The number of fused-ring (bicyclic) bond motifs is 1. The number of nitrogens with one attached hydrogen (secondary N) is 1. The molecule has 3 aliphatic rings. The predicted octanol–water partition coefficient (Wildman–Crippen LogP) is 9.60. The highest BCUT2D eigenvalue weighted by molar-refractivity contribution is 7.93. The largest absolute Gasteiger partial charge is 0.429 e. The van der Waals surface area contributed by atoms with Gasteiger partial charge < -0.3 is 19.5 Å². The van der Waals surface area contributed by atoms with E-state index in [1.807, 2.05) is 0 Å². The van der Waals surface area contributed by atoms with Crippen molar-refractivity contribution < 1.29 is 74.7 Å². The monoisotopic (exact) mass is 1150 g/mol. The van der Waals surface area contributed by atoms with Crippen molar-refractivity contribution in [2.24, 2.45) is 11.8 Å². The normalized spacial score (nSPS) is 17.0. The van der Waals surface area contributed by atoms with Crippen LogP contribution >= 0.6 is 9.24 Å². The van der Waals surface area contributed by atoms with Crippen LogP contribution in [0.2, 0.25) is 0 Å². The molecular formula is C50H53F8N4O10PS3. The fourth-order valence-corrected chi connectivity index (χ4v) is 14.9. The Bertz CT molecular complexity index is 3440. The second-order valence-corrected chi connectivity index (χ2v) is 27.9. The summed E-state index contributed by atoms with van der Waals surface area (Å²) in [5.74, 6) is -6.59. The van der Waals surface area contributed by atoms with E-state index in [2.05, 4.69) is 14.7 Å². The Hall–Kier alpha value is -5.52. The van der Waals surface area contributed by atoms with Crippen LogP contribution in [0.25, 0.3) is 11.0 Å². The minimum Gasteiger partial charge on any atom is -0.429 e.